The standard InChI is InChI=1S/C22H22N2O6/c1-14-4-2-8-23(11-14)19(25)13-30-22(28)15-6-7-17-18(10-15)21(27)24(20(17)26)12-16-5-3-9-29-16/h3,5-7,9-10,14H,2,4,8,11-13H2,1H3/t14-/m0/s1. The summed E-state index contributed by atoms with van der Waals surface area (Å²) in [5.41, 5.74) is 0.480. The fourth-order valence-corrected chi connectivity index (χ4v) is 3.84. The van der Waals surface area contributed by atoms with Crippen LogP contribution in [0.4, 0.5) is 0 Å². The lowest BCUT2D eigenvalue weighted by Crippen LogP contribution is -2.41. The van der Waals surface area contributed by atoms with Crippen molar-refractivity contribution in [1.82, 2.24) is 9.80 Å². The lowest BCUT2D eigenvalue weighted by Gasteiger charge is -2.30. The van der Waals surface area contributed by atoms with Crippen LogP contribution < -0.4 is 0 Å². The number of carbonyl (C=O) groups excluding carboxylic acids is 4. The monoisotopic (exact) mass is 410 g/mol. The van der Waals surface area contributed by atoms with Crippen LogP contribution in [0, 0.1) is 5.92 Å². The van der Waals surface area contributed by atoms with E-state index in [0.29, 0.717) is 24.8 Å². The van der Waals surface area contributed by atoms with Gasteiger partial charge in [-0.05, 0) is 49.1 Å². The van der Waals surface area contributed by atoms with Gasteiger partial charge in [-0.3, -0.25) is 19.3 Å². The van der Waals surface area contributed by atoms with Gasteiger partial charge in [0.2, 0.25) is 0 Å². The summed E-state index contributed by atoms with van der Waals surface area (Å²) in [6.07, 6.45) is 3.49. The average Bonchev–Trinajstić information content (AvgIpc) is 3.34. The molecule has 3 heterocycles. The number of hydrogen-bond acceptors (Lipinski definition) is 6. The van der Waals surface area contributed by atoms with E-state index in [1.165, 1.54) is 24.5 Å². The summed E-state index contributed by atoms with van der Waals surface area (Å²) in [4.78, 5) is 52.7. The van der Waals surface area contributed by atoms with E-state index in [9.17, 15) is 19.2 Å². The second-order valence-corrected chi connectivity index (χ2v) is 7.70. The molecule has 0 bridgehead atoms. The molecule has 1 atom stereocenters. The first kappa shape index (κ1) is 19.9. The minimum Gasteiger partial charge on any atom is -0.467 e. The van der Waals surface area contributed by atoms with Crippen molar-refractivity contribution in [2.45, 2.75) is 26.3 Å². The number of fused-ring (bicyclic) bond motifs is 1. The van der Waals surface area contributed by atoms with E-state index in [0.717, 1.165) is 17.7 Å². The Labute approximate surface area is 173 Å². The van der Waals surface area contributed by atoms with Crippen LogP contribution in [0.1, 0.15) is 56.6 Å². The van der Waals surface area contributed by atoms with Crippen LogP contribution in [0.25, 0.3) is 0 Å². The minimum atomic E-state index is -0.707. The average molecular weight is 410 g/mol. The van der Waals surface area contributed by atoms with Gasteiger partial charge in [-0.1, -0.05) is 6.92 Å². The number of imide groups is 1. The summed E-state index contributed by atoms with van der Waals surface area (Å²) in [6, 6.07) is 7.55. The smallest absolute Gasteiger partial charge is 0.338 e. The number of furan rings is 1. The molecule has 0 spiro atoms. The molecule has 1 aromatic heterocycles. The van der Waals surface area contributed by atoms with Crippen molar-refractivity contribution in [2.24, 2.45) is 5.92 Å². The zero-order valence-electron chi connectivity index (χ0n) is 16.6. The van der Waals surface area contributed by atoms with E-state index in [1.54, 1.807) is 17.0 Å². The molecular weight excluding hydrogens is 388 g/mol. The van der Waals surface area contributed by atoms with Crippen LogP contribution in [0.15, 0.2) is 41.0 Å². The van der Waals surface area contributed by atoms with Crippen molar-refractivity contribution in [3.63, 3.8) is 0 Å². The maximum Gasteiger partial charge on any atom is 0.338 e. The minimum absolute atomic E-state index is 0.0158. The van der Waals surface area contributed by atoms with Gasteiger partial charge in [-0.15, -0.1) is 0 Å². The summed E-state index contributed by atoms with van der Waals surface area (Å²) >= 11 is 0. The quantitative estimate of drug-likeness (QED) is 0.555. The highest BCUT2D eigenvalue weighted by molar-refractivity contribution is 6.21. The third-order valence-corrected chi connectivity index (χ3v) is 5.44. The molecule has 1 saturated heterocycles. The topological polar surface area (TPSA) is 97.1 Å². The molecule has 156 valence electrons. The fraction of sp³-hybridized carbons (Fsp3) is 0.364. The molecule has 8 heteroatoms. The van der Waals surface area contributed by atoms with Crippen molar-refractivity contribution >= 4 is 23.7 Å². The van der Waals surface area contributed by atoms with Crippen LogP contribution in [0.2, 0.25) is 0 Å². The van der Waals surface area contributed by atoms with Gasteiger partial charge in [0, 0.05) is 13.1 Å². The number of nitrogens with zero attached hydrogens (tertiary/aromatic N) is 2. The SMILES string of the molecule is C[C@H]1CCCN(C(=O)COC(=O)c2ccc3c(c2)C(=O)N(Cc2ccco2)C3=O)C1. The predicted octanol–water partition coefficient (Wildman–Crippen LogP) is 2.49. The first-order chi connectivity index (χ1) is 14.4. The Hall–Kier alpha value is -3.42. The van der Waals surface area contributed by atoms with E-state index < -0.39 is 17.8 Å². The first-order valence-electron chi connectivity index (χ1n) is 9.91. The molecule has 0 saturated carbocycles. The Kier molecular flexibility index (Phi) is 5.39. The maximum atomic E-state index is 12.7. The molecule has 2 aliphatic rings. The molecule has 3 amide bonds. The van der Waals surface area contributed by atoms with Gasteiger partial charge in [0.05, 0.1) is 29.5 Å². The number of likely N-dealkylation sites (tertiary alicyclic amines) is 1. The first-order valence-corrected chi connectivity index (χ1v) is 9.91. The number of piperidine rings is 1. The molecule has 1 aromatic carbocycles. The molecular formula is C22H22N2O6. The fourth-order valence-electron chi connectivity index (χ4n) is 3.84. The lowest BCUT2D eigenvalue weighted by molar-refractivity contribution is -0.136. The third kappa shape index (κ3) is 3.85. The Balaban J connectivity index is 1.41. The highest BCUT2D eigenvalue weighted by Gasteiger charge is 2.36. The van der Waals surface area contributed by atoms with Crippen molar-refractivity contribution in [3.05, 3.63) is 59.0 Å². The highest BCUT2D eigenvalue weighted by Crippen LogP contribution is 2.26. The van der Waals surface area contributed by atoms with Crippen LogP contribution in [0.5, 0.6) is 0 Å². The van der Waals surface area contributed by atoms with Gasteiger partial charge in [0.25, 0.3) is 17.7 Å². The summed E-state index contributed by atoms with van der Waals surface area (Å²) in [6.45, 7) is 3.09. The van der Waals surface area contributed by atoms with Crippen molar-refractivity contribution < 1.29 is 28.3 Å². The number of benzene rings is 1. The Morgan fingerprint density at radius 3 is 2.70 bits per heavy atom. The van der Waals surface area contributed by atoms with E-state index in [-0.39, 0.29) is 35.7 Å². The Bertz CT molecular complexity index is 997. The molecule has 0 aliphatic carbocycles. The van der Waals surface area contributed by atoms with Crippen LogP contribution in [-0.4, -0.2) is 53.2 Å². The predicted molar refractivity (Wildman–Crippen MR) is 105 cm³/mol. The van der Waals surface area contributed by atoms with Gasteiger partial charge >= 0.3 is 5.97 Å². The summed E-state index contributed by atoms with van der Waals surface area (Å²) in [5, 5.41) is 0. The van der Waals surface area contributed by atoms with Crippen LogP contribution >= 0.6 is 0 Å². The number of ether oxygens (including phenoxy) is 1. The van der Waals surface area contributed by atoms with Gasteiger partial charge < -0.3 is 14.1 Å². The van der Waals surface area contributed by atoms with Gasteiger partial charge in [-0.2, -0.15) is 0 Å². The van der Waals surface area contributed by atoms with E-state index in [2.05, 4.69) is 6.92 Å². The van der Waals surface area contributed by atoms with E-state index in [1.807, 2.05) is 0 Å². The van der Waals surface area contributed by atoms with Gasteiger partial charge in [0.1, 0.15) is 5.76 Å². The maximum absolute atomic E-state index is 12.7. The van der Waals surface area contributed by atoms with E-state index in [4.69, 9.17) is 9.15 Å². The third-order valence-electron chi connectivity index (χ3n) is 5.44. The summed E-state index contributed by atoms with van der Waals surface area (Å²) in [7, 11) is 0. The molecule has 0 unspecified atom stereocenters. The van der Waals surface area contributed by atoms with Crippen molar-refractivity contribution in [3.8, 4) is 0 Å². The van der Waals surface area contributed by atoms with Crippen LogP contribution in [0.3, 0.4) is 0 Å². The normalized spacial score (nSPS) is 18.5. The van der Waals surface area contributed by atoms with Gasteiger partial charge in [-0.25, -0.2) is 4.79 Å². The molecule has 1 fully saturated rings. The Morgan fingerprint density at radius 1 is 1.17 bits per heavy atom. The van der Waals surface area contributed by atoms with Crippen molar-refractivity contribution in [1.29, 1.82) is 0 Å². The van der Waals surface area contributed by atoms with E-state index >= 15 is 0 Å². The summed E-state index contributed by atoms with van der Waals surface area (Å²) < 4.78 is 10.4. The van der Waals surface area contributed by atoms with Crippen LogP contribution in [-0.2, 0) is 16.1 Å². The number of hydrogen-bond donors (Lipinski definition) is 0. The number of rotatable bonds is 5. The molecule has 0 N–H and O–H groups in total. The second-order valence-electron chi connectivity index (χ2n) is 7.70. The molecule has 4 rings (SSSR count). The zero-order chi connectivity index (χ0) is 21.3. The van der Waals surface area contributed by atoms with Gasteiger partial charge in [0.15, 0.2) is 6.61 Å². The number of esters is 1. The molecule has 2 aromatic rings. The lowest BCUT2D eigenvalue weighted by atomic mass is 10.0. The Morgan fingerprint density at radius 2 is 1.97 bits per heavy atom. The summed E-state index contributed by atoms with van der Waals surface area (Å²) in [5.74, 6) is -0.967. The molecule has 30 heavy (non-hydrogen) atoms. The number of amides is 3. The zero-order valence-corrected chi connectivity index (χ0v) is 16.6. The number of carbonyl (C=O) groups is 4. The molecule has 8 nitrogen and oxygen atoms in total. The largest absolute Gasteiger partial charge is 0.467 e. The molecule has 0 radical (unpaired) electrons. The molecule has 2 aliphatic heterocycles. The second kappa shape index (κ2) is 8.14. The highest BCUT2D eigenvalue weighted by atomic mass is 16.5. The van der Waals surface area contributed by atoms with Crippen molar-refractivity contribution in [2.75, 3.05) is 19.7 Å².